The molecule has 2 aromatic carbocycles. The van der Waals surface area contributed by atoms with E-state index in [0.717, 1.165) is 17.3 Å². The summed E-state index contributed by atoms with van der Waals surface area (Å²) in [6.07, 6.45) is 0. The number of carbonyl (C=O) groups is 2. The lowest BCUT2D eigenvalue weighted by atomic mass is 9.87. The Hall–Kier alpha value is -3.13. The minimum atomic E-state index is -0.515. The summed E-state index contributed by atoms with van der Waals surface area (Å²) in [5.74, 6) is -0.215. The first kappa shape index (κ1) is 20.6. The molecule has 0 fully saturated rings. The van der Waals surface area contributed by atoms with Crippen LogP contribution in [-0.2, 0) is 10.2 Å². The van der Waals surface area contributed by atoms with Gasteiger partial charge in [-0.05, 0) is 47.4 Å². The molecule has 3 rings (SSSR count). The molecule has 3 aromatic rings. The molecule has 0 bridgehead atoms. The zero-order valence-electron chi connectivity index (χ0n) is 16.4. The number of nitrogens with two attached hydrogens (primary N) is 1. The highest BCUT2D eigenvalue weighted by Gasteiger charge is 2.15. The van der Waals surface area contributed by atoms with Gasteiger partial charge in [0.25, 0.3) is 5.22 Å². The zero-order chi connectivity index (χ0) is 21.0. The molecule has 0 radical (unpaired) electrons. The van der Waals surface area contributed by atoms with Crippen LogP contribution in [-0.4, -0.2) is 27.8 Å². The number of primary amides is 1. The number of rotatable bonds is 6. The van der Waals surface area contributed by atoms with Gasteiger partial charge in [0.05, 0.1) is 5.75 Å². The minimum Gasteiger partial charge on any atom is -0.411 e. The maximum Gasteiger partial charge on any atom is 0.277 e. The van der Waals surface area contributed by atoms with Crippen LogP contribution in [0.15, 0.2) is 58.2 Å². The second kappa shape index (κ2) is 8.48. The van der Waals surface area contributed by atoms with Crippen LogP contribution in [0.3, 0.4) is 0 Å². The topological polar surface area (TPSA) is 111 Å². The Morgan fingerprint density at radius 3 is 2.28 bits per heavy atom. The van der Waals surface area contributed by atoms with Gasteiger partial charge in [-0.2, -0.15) is 0 Å². The second-order valence-electron chi connectivity index (χ2n) is 7.48. The molecular weight excluding hydrogens is 388 g/mol. The van der Waals surface area contributed by atoms with Crippen molar-refractivity contribution in [3.63, 3.8) is 0 Å². The highest BCUT2D eigenvalue weighted by atomic mass is 32.2. The third-order valence-corrected chi connectivity index (χ3v) is 5.00. The summed E-state index contributed by atoms with van der Waals surface area (Å²) in [4.78, 5) is 23.2. The van der Waals surface area contributed by atoms with Crippen molar-refractivity contribution in [3.05, 3.63) is 59.7 Å². The maximum atomic E-state index is 12.1. The van der Waals surface area contributed by atoms with E-state index in [-0.39, 0.29) is 17.1 Å². The molecule has 0 aliphatic rings. The Labute approximate surface area is 173 Å². The van der Waals surface area contributed by atoms with Gasteiger partial charge in [-0.15, -0.1) is 10.2 Å². The van der Waals surface area contributed by atoms with Gasteiger partial charge in [0, 0.05) is 16.8 Å². The van der Waals surface area contributed by atoms with Gasteiger partial charge < -0.3 is 15.5 Å². The molecule has 1 heterocycles. The number of benzene rings is 2. The fourth-order valence-corrected chi connectivity index (χ4v) is 3.10. The Kier molecular flexibility index (Phi) is 6.03. The first-order valence-corrected chi connectivity index (χ1v) is 9.98. The minimum absolute atomic E-state index is 0.0713. The molecule has 150 valence electrons. The van der Waals surface area contributed by atoms with Gasteiger partial charge in [-0.1, -0.05) is 44.7 Å². The van der Waals surface area contributed by atoms with E-state index in [9.17, 15) is 9.59 Å². The largest absolute Gasteiger partial charge is 0.411 e. The Balaban J connectivity index is 1.56. The summed E-state index contributed by atoms with van der Waals surface area (Å²) in [5.41, 5.74) is 8.27. The number of nitrogens with zero attached hydrogens (tertiary/aromatic N) is 2. The number of carbonyl (C=O) groups excluding carboxylic acids is 2. The summed E-state index contributed by atoms with van der Waals surface area (Å²) in [6, 6.07) is 14.3. The first-order chi connectivity index (χ1) is 13.7. The Morgan fingerprint density at radius 1 is 1.03 bits per heavy atom. The number of aromatic nitrogens is 2. The fraction of sp³-hybridized carbons (Fsp3) is 0.238. The second-order valence-corrected chi connectivity index (χ2v) is 8.41. The van der Waals surface area contributed by atoms with E-state index >= 15 is 0 Å². The van der Waals surface area contributed by atoms with E-state index in [0.29, 0.717) is 22.4 Å². The predicted octanol–water partition coefficient (Wildman–Crippen LogP) is 3.86. The monoisotopic (exact) mass is 410 g/mol. The van der Waals surface area contributed by atoms with Crippen molar-refractivity contribution in [1.82, 2.24) is 10.2 Å². The summed E-state index contributed by atoms with van der Waals surface area (Å²) in [6.45, 7) is 6.46. The van der Waals surface area contributed by atoms with Crippen molar-refractivity contribution >= 4 is 29.3 Å². The molecule has 0 atom stereocenters. The number of amides is 2. The van der Waals surface area contributed by atoms with Gasteiger partial charge in [0.2, 0.25) is 17.7 Å². The number of hydrogen-bond donors (Lipinski definition) is 2. The molecule has 29 heavy (non-hydrogen) atoms. The third-order valence-electron chi connectivity index (χ3n) is 4.18. The molecule has 8 heteroatoms. The van der Waals surface area contributed by atoms with Crippen LogP contribution < -0.4 is 11.1 Å². The molecule has 0 spiro atoms. The van der Waals surface area contributed by atoms with Crippen molar-refractivity contribution in [2.75, 3.05) is 11.1 Å². The van der Waals surface area contributed by atoms with Crippen molar-refractivity contribution in [2.24, 2.45) is 5.73 Å². The molecule has 0 aliphatic carbocycles. The molecule has 0 aliphatic heterocycles. The van der Waals surface area contributed by atoms with Gasteiger partial charge in [0.15, 0.2) is 0 Å². The lowest BCUT2D eigenvalue weighted by Gasteiger charge is -2.18. The van der Waals surface area contributed by atoms with E-state index in [1.54, 1.807) is 24.3 Å². The quantitative estimate of drug-likeness (QED) is 0.597. The summed E-state index contributed by atoms with van der Waals surface area (Å²) < 4.78 is 5.65. The normalized spacial score (nSPS) is 11.3. The molecule has 0 saturated carbocycles. The van der Waals surface area contributed by atoms with E-state index in [1.165, 1.54) is 5.56 Å². The van der Waals surface area contributed by atoms with E-state index in [4.69, 9.17) is 10.2 Å². The highest BCUT2D eigenvalue weighted by molar-refractivity contribution is 7.99. The summed E-state index contributed by atoms with van der Waals surface area (Å²) in [7, 11) is 0. The van der Waals surface area contributed by atoms with Crippen LogP contribution in [0.1, 0.15) is 36.7 Å². The van der Waals surface area contributed by atoms with E-state index in [1.807, 2.05) is 24.3 Å². The van der Waals surface area contributed by atoms with Gasteiger partial charge in [0.1, 0.15) is 0 Å². The van der Waals surface area contributed by atoms with E-state index < -0.39 is 5.91 Å². The van der Waals surface area contributed by atoms with E-state index in [2.05, 4.69) is 36.3 Å². The fourth-order valence-electron chi connectivity index (χ4n) is 2.54. The van der Waals surface area contributed by atoms with Crippen molar-refractivity contribution < 1.29 is 14.0 Å². The number of anilines is 1. The summed E-state index contributed by atoms with van der Waals surface area (Å²) in [5, 5.41) is 11.1. The SMILES string of the molecule is CC(C)(C)c1ccc(-c2nnc(SCC(=O)Nc3ccc(C(N)=O)cc3)o2)cc1. The lowest BCUT2D eigenvalue weighted by Crippen LogP contribution is -2.15. The molecule has 0 saturated heterocycles. The third kappa shape index (κ3) is 5.45. The summed E-state index contributed by atoms with van der Waals surface area (Å²) >= 11 is 1.15. The maximum absolute atomic E-state index is 12.1. The number of thioether (sulfide) groups is 1. The Morgan fingerprint density at radius 2 is 1.69 bits per heavy atom. The molecule has 1 aromatic heterocycles. The predicted molar refractivity (Wildman–Crippen MR) is 113 cm³/mol. The molecule has 0 unspecified atom stereocenters. The van der Waals surface area contributed by atoms with Crippen molar-refractivity contribution in [2.45, 2.75) is 31.4 Å². The first-order valence-electron chi connectivity index (χ1n) is 8.99. The van der Waals surface area contributed by atoms with Crippen molar-refractivity contribution in [1.29, 1.82) is 0 Å². The van der Waals surface area contributed by atoms with Crippen LogP contribution in [0.4, 0.5) is 5.69 Å². The zero-order valence-corrected chi connectivity index (χ0v) is 17.2. The molecular formula is C21H22N4O3S. The molecule has 3 N–H and O–H groups in total. The van der Waals surface area contributed by atoms with Crippen LogP contribution in [0.25, 0.3) is 11.5 Å². The highest BCUT2D eigenvalue weighted by Crippen LogP contribution is 2.27. The van der Waals surface area contributed by atoms with Gasteiger partial charge in [-0.3, -0.25) is 9.59 Å². The Bertz CT molecular complexity index is 1010. The van der Waals surface area contributed by atoms with Crippen LogP contribution in [0, 0.1) is 0 Å². The van der Waals surface area contributed by atoms with Gasteiger partial charge in [-0.25, -0.2) is 0 Å². The standard InChI is InChI=1S/C21H22N4O3S/c1-21(2,3)15-8-4-14(5-9-15)19-24-25-20(28-19)29-12-17(26)23-16-10-6-13(7-11-16)18(22)27/h4-11H,12H2,1-3H3,(H2,22,27)(H,23,26). The lowest BCUT2D eigenvalue weighted by molar-refractivity contribution is -0.113. The van der Waals surface area contributed by atoms with Crippen LogP contribution in [0.5, 0.6) is 0 Å². The smallest absolute Gasteiger partial charge is 0.277 e. The number of hydrogen-bond acceptors (Lipinski definition) is 6. The van der Waals surface area contributed by atoms with Crippen LogP contribution in [0.2, 0.25) is 0 Å². The van der Waals surface area contributed by atoms with Crippen molar-refractivity contribution in [3.8, 4) is 11.5 Å². The van der Waals surface area contributed by atoms with Gasteiger partial charge >= 0.3 is 0 Å². The molecule has 2 amide bonds. The average molecular weight is 410 g/mol. The molecule has 7 nitrogen and oxygen atoms in total. The average Bonchev–Trinajstić information content (AvgIpc) is 3.15. The number of nitrogens with one attached hydrogen (secondary N) is 1. The van der Waals surface area contributed by atoms with Crippen LogP contribution >= 0.6 is 11.8 Å².